The summed E-state index contributed by atoms with van der Waals surface area (Å²) in [5.74, 6) is -2.46. The molecule has 3 rings (SSSR count). The van der Waals surface area contributed by atoms with Crippen LogP contribution >= 0.6 is 11.6 Å². The van der Waals surface area contributed by atoms with Crippen LogP contribution in [0.4, 0.5) is 20.2 Å². The Hall–Kier alpha value is -3.17. The molecule has 0 radical (unpaired) electrons. The monoisotopic (exact) mass is 466 g/mol. The minimum atomic E-state index is -4.38. The molecule has 10 heteroatoms. The second-order valence-corrected chi connectivity index (χ2v) is 8.38. The standard InChI is InChI=1S/C21H17ClF2N2O4S/c1-2-30-19-10-9-15(31(28,29)26-20-16(23)7-4-8-17(20)24)12-18(19)25-21(27)13-5-3-6-14(22)11-13/h3-12,26H,2H2,1H3,(H,25,27). The first-order valence-corrected chi connectivity index (χ1v) is 10.9. The number of rotatable bonds is 7. The van der Waals surface area contributed by atoms with Gasteiger partial charge in [0.05, 0.1) is 17.2 Å². The number of halogens is 3. The van der Waals surface area contributed by atoms with Crippen molar-refractivity contribution in [3.63, 3.8) is 0 Å². The summed E-state index contributed by atoms with van der Waals surface area (Å²) in [7, 11) is -4.38. The molecule has 0 aliphatic rings. The summed E-state index contributed by atoms with van der Waals surface area (Å²) in [6.07, 6.45) is 0. The third-order valence-corrected chi connectivity index (χ3v) is 5.68. The van der Waals surface area contributed by atoms with Gasteiger partial charge in [0.2, 0.25) is 0 Å². The Morgan fingerprint density at radius 1 is 1.03 bits per heavy atom. The van der Waals surface area contributed by atoms with Gasteiger partial charge in [-0.25, -0.2) is 17.2 Å². The highest BCUT2D eigenvalue weighted by Gasteiger charge is 2.21. The average molecular weight is 467 g/mol. The van der Waals surface area contributed by atoms with E-state index in [0.717, 1.165) is 24.3 Å². The van der Waals surface area contributed by atoms with Crippen LogP contribution in [0.5, 0.6) is 5.75 Å². The Kier molecular flexibility index (Phi) is 6.77. The minimum absolute atomic E-state index is 0.0590. The maximum atomic E-state index is 13.9. The van der Waals surface area contributed by atoms with Gasteiger partial charge in [-0.05, 0) is 55.5 Å². The Balaban J connectivity index is 1.96. The molecule has 0 bridgehead atoms. The first-order valence-electron chi connectivity index (χ1n) is 9.02. The van der Waals surface area contributed by atoms with E-state index >= 15 is 0 Å². The summed E-state index contributed by atoms with van der Waals surface area (Å²) in [5, 5.41) is 2.93. The van der Waals surface area contributed by atoms with Gasteiger partial charge in [-0.3, -0.25) is 9.52 Å². The molecule has 3 aromatic carbocycles. The van der Waals surface area contributed by atoms with E-state index in [0.29, 0.717) is 5.02 Å². The van der Waals surface area contributed by atoms with Crippen molar-refractivity contribution in [2.75, 3.05) is 16.6 Å². The third kappa shape index (κ3) is 5.31. The van der Waals surface area contributed by atoms with Gasteiger partial charge in [0.1, 0.15) is 23.1 Å². The Bertz CT molecular complexity index is 1220. The van der Waals surface area contributed by atoms with Crippen LogP contribution < -0.4 is 14.8 Å². The molecule has 162 valence electrons. The lowest BCUT2D eigenvalue weighted by atomic mass is 10.2. The Labute approximate surface area is 182 Å². The summed E-state index contributed by atoms with van der Waals surface area (Å²) >= 11 is 5.91. The molecule has 0 aliphatic carbocycles. The zero-order chi connectivity index (χ0) is 22.6. The maximum absolute atomic E-state index is 13.9. The van der Waals surface area contributed by atoms with Gasteiger partial charge in [0.25, 0.3) is 15.9 Å². The highest BCUT2D eigenvalue weighted by molar-refractivity contribution is 7.92. The van der Waals surface area contributed by atoms with Crippen molar-refractivity contribution in [3.05, 3.63) is 82.9 Å². The number of benzene rings is 3. The molecule has 0 aliphatic heterocycles. The van der Waals surface area contributed by atoms with Gasteiger partial charge < -0.3 is 10.1 Å². The topological polar surface area (TPSA) is 84.5 Å². The SMILES string of the molecule is CCOc1ccc(S(=O)(=O)Nc2c(F)cccc2F)cc1NC(=O)c1cccc(Cl)c1. The molecule has 31 heavy (non-hydrogen) atoms. The van der Waals surface area contributed by atoms with Crippen molar-refractivity contribution in [1.29, 1.82) is 0 Å². The molecule has 0 heterocycles. The number of ether oxygens (including phenoxy) is 1. The molecule has 1 amide bonds. The molecule has 0 saturated heterocycles. The molecule has 6 nitrogen and oxygen atoms in total. The van der Waals surface area contributed by atoms with Crippen LogP contribution in [0.2, 0.25) is 5.02 Å². The van der Waals surface area contributed by atoms with Crippen LogP contribution in [0, 0.1) is 11.6 Å². The van der Waals surface area contributed by atoms with Crippen LogP contribution in [0.15, 0.2) is 65.6 Å². The lowest BCUT2D eigenvalue weighted by Crippen LogP contribution is -2.17. The van der Waals surface area contributed by atoms with E-state index < -0.39 is 33.3 Å². The molecule has 0 unspecified atom stereocenters. The molecular weight excluding hydrogens is 450 g/mol. The Morgan fingerprint density at radius 2 is 1.71 bits per heavy atom. The van der Waals surface area contributed by atoms with E-state index in [2.05, 4.69) is 5.32 Å². The summed E-state index contributed by atoms with van der Waals surface area (Å²) in [4.78, 5) is 12.2. The molecule has 2 N–H and O–H groups in total. The van der Waals surface area contributed by atoms with Gasteiger partial charge >= 0.3 is 0 Å². The number of amides is 1. The molecule has 3 aromatic rings. The van der Waals surface area contributed by atoms with Crippen molar-refractivity contribution >= 4 is 38.9 Å². The average Bonchev–Trinajstić information content (AvgIpc) is 2.72. The highest BCUT2D eigenvalue weighted by Crippen LogP contribution is 2.30. The lowest BCUT2D eigenvalue weighted by Gasteiger charge is -2.15. The van der Waals surface area contributed by atoms with Gasteiger partial charge in [0.15, 0.2) is 0 Å². The summed E-state index contributed by atoms with van der Waals surface area (Å²) < 4.78 is 60.5. The van der Waals surface area contributed by atoms with Crippen LogP contribution in [0.3, 0.4) is 0 Å². The van der Waals surface area contributed by atoms with Gasteiger partial charge in [0, 0.05) is 10.6 Å². The fourth-order valence-electron chi connectivity index (χ4n) is 2.67. The van der Waals surface area contributed by atoms with E-state index in [9.17, 15) is 22.0 Å². The van der Waals surface area contributed by atoms with Crippen LogP contribution in [-0.4, -0.2) is 20.9 Å². The number of para-hydroxylation sites is 1. The summed E-state index contributed by atoms with van der Waals surface area (Å²) in [5.41, 5.74) is -0.501. The number of carbonyl (C=O) groups excluding carboxylic acids is 1. The van der Waals surface area contributed by atoms with Crippen LogP contribution in [-0.2, 0) is 10.0 Å². The molecule has 0 atom stereocenters. The second kappa shape index (κ2) is 9.32. The van der Waals surface area contributed by atoms with Crippen molar-refractivity contribution in [2.45, 2.75) is 11.8 Å². The van der Waals surface area contributed by atoms with E-state index in [-0.39, 0.29) is 28.5 Å². The predicted molar refractivity (Wildman–Crippen MR) is 114 cm³/mol. The number of hydrogen-bond donors (Lipinski definition) is 2. The van der Waals surface area contributed by atoms with Gasteiger partial charge in [-0.2, -0.15) is 0 Å². The van der Waals surface area contributed by atoms with E-state index in [1.54, 1.807) is 19.1 Å². The smallest absolute Gasteiger partial charge is 0.262 e. The molecule has 0 fully saturated rings. The Morgan fingerprint density at radius 3 is 2.35 bits per heavy atom. The molecular formula is C21H17ClF2N2O4S. The number of anilines is 2. The van der Waals surface area contributed by atoms with E-state index in [1.807, 2.05) is 4.72 Å². The van der Waals surface area contributed by atoms with Crippen molar-refractivity contribution < 1.29 is 26.7 Å². The summed E-state index contributed by atoms with van der Waals surface area (Å²) in [6, 6.07) is 12.8. The fraction of sp³-hybridized carbons (Fsp3) is 0.0952. The van der Waals surface area contributed by atoms with Crippen LogP contribution in [0.25, 0.3) is 0 Å². The number of carbonyl (C=O) groups is 1. The number of sulfonamides is 1. The second-order valence-electron chi connectivity index (χ2n) is 6.26. The maximum Gasteiger partial charge on any atom is 0.262 e. The largest absolute Gasteiger partial charge is 0.492 e. The van der Waals surface area contributed by atoms with Crippen molar-refractivity contribution in [1.82, 2.24) is 0 Å². The highest BCUT2D eigenvalue weighted by atomic mass is 35.5. The van der Waals surface area contributed by atoms with Gasteiger partial charge in [-0.15, -0.1) is 0 Å². The zero-order valence-electron chi connectivity index (χ0n) is 16.2. The number of hydrogen-bond acceptors (Lipinski definition) is 4. The van der Waals surface area contributed by atoms with E-state index in [4.69, 9.17) is 16.3 Å². The normalized spacial score (nSPS) is 11.1. The third-order valence-electron chi connectivity index (χ3n) is 4.10. The predicted octanol–water partition coefficient (Wildman–Crippen LogP) is 5.07. The summed E-state index contributed by atoms with van der Waals surface area (Å²) in [6.45, 7) is 1.97. The zero-order valence-corrected chi connectivity index (χ0v) is 17.7. The van der Waals surface area contributed by atoms with Gasteiger partial charge in [-0.1, -0.05) is 23.7 Å². The number of nitrogens with one attached hydrogen (secondary N) is 2. The fourth-order valence-corrected chi connectivity index (χ4v) is 3.96. The first-order chi connectivity index (χ1) is 14.7. The van der Waals surface area contributed by atoms with Crippen LogP contribution in [0.1, 0.15) is 17.3 Å². The molecule has 0 aromatic heterocycles. The van der Waals surface area contributed by atoms with Crippen molar-refractivity contribution in [3.8, 4) is 5.75 Å². The van der Waals surface area contributed by atoms with E-state index in [1.165, 1.54) is 24.3 Å². The quantitative estimate of drug-likeness (QED) is 0.509. The lowest BCUT2D eigenvalue weighted by molar-refractivity contribution is 0.102. The molecule has 0 saturated carbocycles. The first kappa shape index (κ1) is 22.5. The molecule has 0 spiro atoms. The minimum Gasteiger partial charge on any atom is -0.492 e. The van der Waals surface area contributed by atoms with Crippen molar-refractivity contribution in [2.24, 2.45) is 0 Å².